The SMILES string of the molecule is FC(F)(F)c1cccc(-c2cc(C(F)(F)F)ccc2I)c1. The fourth-order valence-electron chi connectivity index (χ4n) is 1.79. The molecule has 0 spiro atoms. The summed E-state index contributed by atoms with van der Waals surface area (Å²) in [7, 11) is 0. The maximum Gasteiger partial charge on any atom is 0.416 e. The van der Waals surface area contributed by atoms with E-state index in [9.17, 15) is 26.3 Å². The topological polar surface area (TPSA) is 0 Å². The standard InChI is InChI=1S/C14H7F6I/c15-13(16,17)9-3-1-2-8(6-9)11-7-10(14(18,19)20)4-5-12(11)21/h1-7H. The number of hydrogen-bond acceptors (Lipinski definition) is 0. The van der Waals surface area contributed by atoms with Crippen molar-refractivity contribution in [3.63, 3.8) is 0 Å². The zero-order valence-electron chi connectivity index (χ0n) is 10.2. The Labute approximate surface area is 129 Å². The van der Waals surface area contributed by atoms with Crippen LogP contribution in [-0.4, -0.2) is 0 Å². The van der Waals surface area contributed by atoms with E-state index in [1.807, 2.05) is 0 Å². The van der Waals surface area contributed by atoms with Crippen LogP contribution in [0.1, 0.15) is 11.1 Å². The summed E-state index contributed by atoms with van der Waals surface area (Å²) in [5.41, 5.74) is -1.57. The lowest BCUT2D eigenvalue weighted by Gasteiger charge is -2.13. The van der Waals surface area contributed by atoms with Gasteiger partial charge in [-0.05, 0) is 64.0 Å². The van der Waals surface area contributed by atoms with Gasteiger partial charge < -0.3 is 0 Å². The van der Waals surface area contributed by atoms with Crippen molar-refractivity contribution in [2.75, 3.05) is 0 Å². The van der Waals surface area contributed by atoms with Crippen LogP contribution in [-0.2, 0) is 12.4 Å². The molecular formula is C14H7F6I. The predicted molar refractivity (Wildman–Crippen MR) is 74.6 cm³/mol. The fourth-order valence-corrected chi connectivity index (χ4v) is 2.43. The van der Waals surface area contributed by atoms with Crippen molar-refractivity contribution in [2.24, 2.45) is 0 Å². The third kappa shape index (κ3) is 3.69. The first-order valence-corrected chi connectivity index (χ1v) is 6.71. The third-order valence-corrected chi connectivity index (χ3v) is 3.74. The van der Waals surface area contributed by atoms with Gasteiger partial charge in [-0.25, -0.2) is 0 Å². The van der Waals surface area contributed by atoms with Crippen LogP contribution in [0, 0.1) is 3.57 Å². The van der Waals surface area contributed by atoms with E-state index in [-0.39, 0.29) is 11.1 Å². The normalized spacial score (nSPS) is 12.5. The molecule has 0 atom stereocenters. The number of alkyl halides is 6. The summed E-state index contributed by atoms with van der Waals surface area (Å²) in [4.78, 5) is 0. The number of hydrogen-bond donors (Lipinski definition) is 0. The van der Waals surface area contributed by atoms with E-state index in [0.29, 0.717) is 3.57 Å². The Morgan fingerprint density at radius 3 is 1.86 bits per heavy atom. The fraction of sp³-hybridized carbons (Fsp3) is 0.143. The first-order valence-electron chi connectivity index (χ1n) is 5.63. The average molecular weight is 416 g/mol. The first kappa shape index (κ1) is 16.1. The summed E-state index contributed by atoms with van der Waals surface area (Å²) in [5, 5.41) is 0. The molecule has 0 saturated carbocycles. The molecule has 0 aromatic heterocycles. The Balaban J connectivity index is 2.57. The summed E-state index contributed by atoms with van der Waals surface area (Å²) >= 11 is 1.79. The Hall–Kier alpha value is -1.25. The van der Waals surface area contributed by atoms with Gasteiger partial charge in [-0.2, -0.15) is 26.3 Å². The van der Waals surface area contributed by atoms with E-state index < -0.39 is 23.5 Å². The van der Waals surface area contributed by atoms with Crippen molar-refractivity contribution in [2.45, 2.75) is 12.4 Å². The molecule has 0 aliphatic rings. The molecule has 2 rings (SSSR count). The minimum absolute atomic E-state index is 0.0975. The summed E-state index contributed by atoms with van der Waals surface area (Å²) in [5.74, 6) is 0. The average Bonchev–Trinajstić information content (AvgIpc) is 2.37. The summed E-state index contributed by atoms with van der Waals surface area (Å²) in [6.07, 6.45) is -9.08. The van der Waals surface area contributed by atoms with E-state index >= 15 is 0 Å². The maximum absolute atomic E-state index is 12.7. The molecule has 2 aromatic rings. The Bertz CT molecular complexity index is 657. The highest BCUT2D eigenvalue weighted by Crippen LogP contribution is 2.36. The second-order valence-corrected chi connectivity index (χ2v) is 5.43. The van der Waals surface area contributed by atoms with Crippen molar-refractivity contribution in [3.05, 3.63) is 57.2 Å². The lowest BCUT2D eigenvalue weighted by Crippen LogP contribution is -2.06. The molecule has 7 heteroatoms. The smallest absolute Gasteiger partial charge is 0.166 e. The minimum atomic E-state index is -4.54. The molecule has 112 valence electrons. The minimum Gasteiger partial charge on any atom is -0.166 e. The monoisotopic (exact) mass is 416 g/mol. The largest absolute Gasteiger partial charge is 0.416 e. The molecule has 0 unspecified atom stereocenters. The van der Waals surface area contributed by atoms with Crippen LogP contribution in [0.2, 0.25) is 0 Å². The number of halogens is 7. The summed E-state index contributed by atoms with van der Waals surface area (Å²) < 4.78 is 76.6. The third-order valence-electron chi connectivity index (χ3n) is 2.79. The zero-order valence-corrected chi connectivity index (χ0v) is 12.3. The van der Waals surface area contributed by atoms with Gasteiger partial charge in [-0.3, -0.25) is 0 Å². The van der Waals surface area contributed by atoms with Crippen LogP contribution >= 0.6 is 22.6 Å². The molecule has 0 aliphatic heterocycles. The Morgan fingerprint density at radius 1 is 0.714 bits per heavy atom. The molecule has 0 aliphatic carbocycles. The van der Waals surface area contributed by atoms with Crippen LogP contribution in [0.25, 0.3) is 11.1 Å². The molecule has 0 fully saturated rings. The molecule has 0 radical (unpaired) electrons. The molecule has 0 heterocycles. The van der Waals surface area contributed by atoms with Gasteiger partial charge in [0.2, 0.25) is 0 Å². The van der Waals surface area contributed by atoms with Crippen molar-refractivity contribution < 1.29 is 26.3 Å². The predicted octanol–water partition coefficient (Wildman–Crippen LogP) is 6.00. The lowest BCUT2D eigenvalue weighted by atomic mass is 10.0. The van der Waals surface area contributed by atoms with Crippen molar-refractivity contribution in [3.8, 4) is 11.1 Å². The van der Waals surface area contributed by atoms with Gasteiger partial charge in [0.25, 0.3) is 0 Å². The molecule has 2 aromatic carbocycles. The maximum atomic E-state index is 12.7. The highest BCUT2D eigenvalue weighted by Gasteiger charge is 2.32. The van der Waals surface area contributed by atoms with E-state index in [0.717, 1.165) is 24.3 Å². The van der Waals surface area contributed by atoms with Crippen LogP contribution in [0.3, 0.4) is 0 Å². The van der Waals surface area contributed by atoms with Gasteiger partial charge >= 0.3 is 12.4 Å². The van der Waals surface area contributed by atoms with Gasteiger partial charge in [0.1, 0.15) is 0 Å². The van der Waals surface area contributed by atoms with E-state index in [4.69, 9.17) is 0 Å². The van der Waals surface area contributed by atoms with Crippen LogP contribution in [0.4, 0.5) is 26.3 Å². The molecular weight excluding hydrogens is 409 g/mol. The molecule has 0 amide bonds. The highest BCUT2D eigenvalue weighted by molar-refractivity contribution is 14.1. The van der Waals surface area contributed by atoms with Crippen LogP contribution in [0.15, 0.2) is 42.5 Å². The van der Waals surface area contributed by atoms with Crippen LogP contribution < -0.4 is 0 Å². The van der Waals surface area contributed by atoms with Gasteiger partial charge in [-0.1, -0.05) is 12.1 Å². The molecule has 0 saturated heterocycles. The van der Waals surface area contributed by atoms with E-state index in [1.54, 1.807) is 22.6 Å². The Kier molecular flexibility index (Phi) is 4.23. The summed E-state index contributed by atoms with van der Waals surface area (Å²) in [6, 6.07) is 7.25. The van der Waals surface area contributed by atoms with Crippen molar-refractivity contribution in [1.29, 1.82) is 0 Å². The number of rotatable bonds is 1. The van der Waals surface area contributed by atoms with E-state index in [2.05, 4.69) is 0 Å². The second-order valence-electron chi connectivity index (χ2n) is 4.27. The second kappa shape index (κ2) is 5.51. The van der Waals surface area contributed by atoms with Gasteiger partial charge in [0.05, 0.1) is 11.1 Å². The molecule has 0 N–H and O–H groups in total. The lowest BCUT2D eigenvalue weighted by molar-refractivity contribution is -0.138. The first-order chi connectivity index (χ1) is 9.59. The molecule has 0 nitrogen and oxygen atoms in total. The number of benzene rings is 2. The molecule has 0 bridgehead atoms. The quantitative estimate of drug-likeness (QED) is 0.396. The Morgan fingerprint density at radius 2 is 1.29 bits per heavy atom. The van der Waals surface area contributed by atoms with Gasteiger partial charge in [0.15, 0.2) is 0 Å². The van der Waals surface area contributed by atoms with Crippen molar-refractivity contribution >= 4 is 22.6 Å². The molecule has 21 heavy (non-hydrogen) atoms. The van der Waals surface area contributed by atoms with Crippen LogP contribution in [0.5, 0.6) is 0 Å². The van der Waals surface area contributed by atoms with Crippen molar-refractivity contribution in [1.82, 2.24) is 0 Å². The van der Waals surface area contributed by atoms with Gasteiger partial charge in [-0.15, -0.1) is 0 Å². The van der Waals surface area contributed by atoms with E-state index in [1.165, 1.54) is 18.2 Å². The highest BCUT2D eigenvalue weighted by atomic mass is 127. The van der Waals surface area contributed by atoms with Gasteiger partial charge in [0, 0.05) is 3.57 Å². The zero-order chi connectivity index (χ0) is 15.8. The summed E-state index contributed by atoms with van der Waals surface area (Å²) in [6.45, 7) is 0.